The topological polar surface area (TPSA) is 62.3 Å². The fourth-order valence-corrected chi connectivity index (χ4v) is 4.45. The van der Waals surface area contributed by atoms with Crippen LogP contribution in [0.4, 0.5) is 0 Å². The molecule has 1 unspecified atom stereocenters. The molecule has 2 rings (SSSR count). The third-order valence-corrected chi connectivity index (χ3v) is 5.93. The Morgan fingerprint density at radius 3 is 2.76 bits per heavy atom. The van der Waals surface area contributed by atoms with Crippen molar-refractivity contribution in [1.29, 1.82) is 0 Å². The van der Waals surface area contributed by atoms with Crippen molar-refractivity contribution in [3.05, 3.63) is 21.9 Å². The molecule has 1 atom stereocenters. The fourth-order valence-electron chi connectivity index (χ4n) is 2.39. The average Bonchev–Trinajstić information content (AvgIpc) is 2.48. The number of rotatable bonds is 5. The van der Waals surface area contributed by atoms with E-state index in [1.54, 1.807) is 0 Å². The number of nitrogens with zero attached hydrogens (tertiary/aromatic N) is 2. The van der Waals surface area contributed by atoms with Gasteiger partial charge in [-0.2, -0.15) is 0 Å². The monoisotopic (exact) mass is 395 g/mol. The first-order valence-corrected chi connectivity index (χ1v) is 9.60. The van der Waals surface area contributed by atoms with E-state index < -0.39 is 10.0 Å². The van der Waals surface area contributed by atoms with Crippen LogP contribution in [0.15, 0.2) is 21.6 Å². The SMILES string of the molecule is CC(CNS(=O)(=O)c1cc(Br)cnc1Cl)N1CCCCC1. The van der Waals surface area contributed by atoms with Gasteiger partial charge in [0.15, 0.2) is 0 Å². The summed E-state index contributed by atoms with van der Waals surface area (Å²) in [6.07, 6.45) is 5.09. The van der Waals surface area contributed by atoms with Gasteiger partial charge in [0, 0.05) is 23.3 Å². The Hall–Kier alpha value is -0.210. The Kier molecular flexibility index (Phi) is 6.02. The summed E-state index contributed by atoms with van der Waals surface area (Å²) in [4.78, 5) is 6.17. The molecule has 0 aromatic carbocycles. The van der Waals surface area contributed by atoms with Crippen LogP contribution in [0.5, 0.6) is 0 Å². The zero-order chi connectivity index (χ0) is 15.5. The Labute approximate surface area is 139 Å². The highest BCUT2D eigenvalue weighted by molar-refractivity contribution is 9.10. The van der Waals surface area contributed by atoms with E-state index in [-0.39, 0.29) is 16.1 Å². The van der Waals surface area contributed by atoms with Crippen LogP contribution in [0.25, 0.3) is 0 Å². The molecule has 5 nitrogen and oxygen atoms in total. The molecule has 2 heterocycles. The van der Waals surface area contributed by atoms with Crippen molar-refractivity contribution in [1.82, 2.24) is 14.6 Å². The number of hydrogen-bond acceptors (Lipinski definition) is 4. The van der Waals surface area contributed by atoms with Gasteiger partial charge in [0.25, 0.3) is 0 Å². The first-order chi connectivity index (χ1) is 9.90. The first kappa shape index (κ1) is 17.1. The zero-order valence-corrected chi connectivity index (χ0v) is 15.0. The first-order valence-electron chi connectivity index (χ1n) is 6.95. The maximum absolute atomic E-state index is 12.3. The molecule has 1 fully saturated rings. The molecule has 8 heteroatoms. The van der Waals surface area contributed by atoms with Crippen molar-refractivity contribution in [2.24, 2.45) is 0 Å². The molecule has 0 amide bonds. The number of piperidine rings is 1. The van der Waals surface area contributed by atoms with Gasteiger partial charge >= 0.3 is 0 Å². The van der Waals surface area contributed by atoms with Crippen molar-refractivity contribution < 1.29 is 8.42 Å². The minimum absolute atomic E-state index is 0.00406. The third-order valence-electron chi connectivity index (χ3n) is 3.65. The van der Waals surface area contributed by atoms with Gasteiger partial charge in [-0.25, -0.2) is 18.1 Å². The zero-order valence-electron chi connectivity index (χ0n) is 11.8. The largest absolute Gasteiger partial charge is 0.299 e. The van der Waals surface area contributed by atoms with Crippen molar-refractivity contribution in [3.8, 4) is 0 Å². The molecule has 0 aliphatic carbocycles. The fraction of sp³-hybridized carbons (Fsp3) is 0.615. The van der Waals surface area contributed by atoms with Gasteiger partial charge in [-0.15, -0.1) is 0 Å². The standard InChI is InChI=1S/C13H19BrClN3O2S/c1-10(18-5-3-2-4-6-18)8-17-21(19,20)12-7-11(14)9-16-13(12)15/h7,9-10,17H,2-6,8H2,1H3. The lowest BCUT2D eigenvalue weighted by Crippen LogP contribution is -2.44. The second kappa shape index (κ2) is 7.37. The average molecular weight is 397 g/mol. The van der Waals surface area contributed by atoms with Gasteiger partial charge < -0.3 is 0 Å². The van der Waals surface area contributed by atoms with E-state index in [0.29, 0.717) is 11.0 Å². The van der Waals surface area contributed by atoms with Crippen molar-refractivity contribution in [3.63, 3.8) is 0 Å². The van der Waals surface area contributed by atoms with E-state index in [4.69, 9.17) is 11.6 Å². The molecule has 21 heavy (non-hydrogen) atoms. The van der Waals surface area contributed by atoms with E-state index in [0.717, 1.165) is 13.1 Å². The number of likely N-dealkylation sites (tertiary alicyclic amines) is 1. The Morgan fingerprint density at radius 1 is 1.43 bits per heavy atom. The number of sulfonamides is 1. The van der Waals surface area contributed by atoms with Gasteiger partial charge in [0.2, 0.25) is 10.0 Å². The maximum Gasteiger partial charge on any atom is 0.243 e. The summed E-state index contributed by atoms with van der Waals surface area (Å²) in [5.41, 5.74) is 0. The predicted molar refractivity (Wildman–Crippen MR) is 87.0 cm³/mol. The summed E-state index contributed by atoms with van der Waals surface area (Å²) in [5, 5.41) is -0.0173. The van der Waals surface area contributed by atoms with E-state index >= 15 is 0 Å². The van der Waals surface area contributed by atoms with Crippen molar-refractivity contribution in [2.75, 3.05) is 19.6 Å². The second-order valence-corrected chi connectivity index (χ2v) is 8.25. The molecule has 1 saturated heterocycles. The highest BCUT2D eigenvalue weighted by atomic mass is 79.9. The number of halogens is 2. The van der Waals surface area contributed by atoms with E-state index in [2.05, 4.69) is 30.5 Å². The number of pyridine rings is 1. The quantitative estimate of drug-likeness (QED) is 0.777. The van der Waals surface area contributed by atoms with E-state index in [1.807, 2.05) is 6.92 Å². The highest BCUT2D eigenvalue weighted by Crippen LogP contribution is 2.22. The lowest BCUT2D eigenvalue weighted by atomic mass is 10.1. The molecule has 0 radical (unpaired) electrons. The molecule has 1 aliphatic rings. The van der Waals surface area contributed by atoms with Crippen LogP contribution in [0.1, 0.15) is 26.2 Å². The summed E-state index contributed by atoms with van der Waals surface area (Å²) in [7, 11) is -3.65. The minimum atomic E-state index is -3.65. The van der Waals surface area contributed by atoms with Crippen LogP contribution in [0, 0.1) is 0 Å². The van der Waals surface area contributed by atoms with Crippen LogP contribution in [0.2, 0.25) is 5.15 Å². The Morgan fingerprint density at radius 2 is 2.10 bits per heavy atom. The van der Waals surface area contributed by atoms with Crippen molar-refractivity contribution in [2.45, 2.75) is 37.1 Å². The van der Waals surface area contributed by atoms with Crippen LogP contribution in [-0.4, -0.2) is 44.0 Å². The number of aromatic nitrogens is 1. The summed E-state index contributed by atoms with van der Waals surface area (Å²) >= 11 is 9.09. The van der Waals surface area contributed by atoms with Crippen LogP contribution < -0.4 is 4.72 Å². The molecule has 0 saturated carbocycles. The summed E-state index contributed by atoms with van der Waals surface area (Å²) < 4.78 is 27.8. The second-order valence-electron chi connectivity index (χ2n) is 5.24. The maximum atomic E-state index is 12.3. The van der Waals surface area contributed by atoms with Gasteiger partial charge in [0.05, 0.1) is 0 Å². The molecular formula is C13H19BrClN3O2S. The normalized spacial score (nSPS) is 18.6. The summed E-state index contributed by atoms with van der Waals surface area (Å²) in [6.45, 7) is 4.46. The van der Waals surface area contributed by atoms with Gasteiger partial charge in [-0.05, 0) is 54.9 Å². The molecule has 1 aliphatic heterocycles. The third kappa shape index (κ3) is 4.63. The molecule has 0 bridgehead atoms. The van der Waals surface area contributed by atoms with Crippen molar-refractivity contribution >= 4 is 37.6 Å². The Bertz CT molecular complexity index is 591. The molecule has 1 aromatic heterocycles. The summed E-state index contributed by atoms with van der Waals surface area (Å²) in [6, 6.07) is 1.63. The Balaban J connectivity index is 2.02. The van der Waals surface area contributed by atoms with E-state index in [9.17, 15) is 8.42 Å². The summed E-state index contributed by atoms with van der Waals surface area (Å²) in [5.74, 6) is 0. The van der Waals surface area contributed by atoms with Gasteiger partial charge in [0.1, 0.15) is 10.0 Å². The molecule has 1 aromatic rings. The lowest BCUT2D eigenvalue weighted by Gasteiger charge is -2.32. The van der Waals surface area contributed by atoms with Gasteiger partial charge in [-0.1, -0.05) is 18.0 Å². The molecule has 0 spiro atoms. The highest BCUT2D eigenvalue weighted by Gasteiger charge is 2.22. The molecular weight excluding hydrogens is 378 g/mol. The minimum Gasteiger partial charge on any atom is -0.299 e. The van der Waals surface area contributed by atoms with Crippen LogP contribution in [-0.2, 0) is 10.0 Å². The lowest BCUT2D eigenvalue weighted by molar-refractivity contribution is 0.175. The molecule has 1 N–H and O–H groups in total. The van der Waals surface area contributed by atoms with Gasteiger partial charge in [-0.3, -0.25) is 4.90 Å². The predicted octanol–water partition coefficient (Wildman–Crippen LogP) is 2.65. The smallest absolute Gasteiger partial charge is 0.243 e. The number of nitrogens with one attached hydrogen (secondary N) is 1. The molecule has 118 valence electrons. The van der Waals surface area contributed by atoms with Crippen LogP contribution in [0.3, 0.4) is 0 Å². The van der Waals surface area contributed by atoms with Crippen LogP contribution >= 0.6 is 27.5 Å². The number of hydrogen-bond donors (Lipinski definition) is 1. The van der Waals surface area contributed by atoms with E-state index in [1.165, 1.54) is 31.5 Å².